The summed E-state index contributed by atoms with van der Waals surface area (Å²) in [5, 5.41) is 0. The molecule has 28 heavy (non-hydrogen) atoms. The molecule has 1 heterocycles. The number of hydrogen-bond donors (Lipinski definition) is 0. The van der Waals surface area contributed by atoms with Gasteiger partial charge < -0.3 is 4.90 Å². The van der Waals surface area contributed by atoms with Crippen LogP contribution >= 0.6 is 15.9 Å². The van der Waals surface area contributed by atoms with Gasteiger partial charge in [0.2, 0.25) is 10.0 Å². The van der Waals surface area contributed by atoms with E-state index < -0.39 is 27.7 Å². The molecule has 5 nitrogen and oxygen atoms in total. The molecule has 0 unspecified atom stereocenters. The normalized spacial score (nSPS) is 16.2. The zero-order chi connectivity index (χ0) is 20.5. The number of nitrogens with zero attached hydrogens (tertiary/aromatic N) is 2. The van der Waals surface area contributed by atoms with Crippen molar-refractivity contribution in [3.63, 3.8) is 0 Å². The van der Waals surface area contributed by atoms with E-state index in [2.05, 4.69) is 15.9 Å². The van der Waals surface area contributed by atoms with Crippen LogP contribution in [0.4, 0.5) is 13.2 Å². The Kier molecular flexibility index (Phi) is 5.83. The van der Waals surface area contributed by atoms with Gasteiger partial charge in [-0.1, -0.05) is 12.1 Å². The Morgan fingerprint density at radius 2 is 1.50 bits per heavy atom. The molecule has 1 aliphatic heterocycles. The first-order valence-corrected chi connectivity index (χ1v) is 10.6. The van der Waals surface area contributed by atoms with Crippen molar-refractivity contribution >= 4 is 31.9 Å². The van der Waals surface area contributed by atoms with Gasteiger partial charge in [-0.3, -0.25) is 4.79 Å². The van der Waals surface area contributed by atoms with E-state index in [4.69, 9.17) is 0 Å². The largest absolute Gasteiger partial charge is 0.416 e. The zero-order valence-electron chi connectivity index (χ0n) is 14.5. The van der Waals surface area contributed by atoms with Gasteiger partial charge in [0.1, 0.15) is 0 Å². The third-order valence-corrected chi connectivity index (χ3v) is 7.35. The minimum atomic E-state index is -4.47. The number of alkyl halides is 3. The summed E-state index contributed by atoms with van der Waals surface area (Å²) in [5.74, 6) is -0.424. The average Bonchev–Trinajstić information content (AvgIpc) is 2.67. The van der Waals surface area contributed by atoms with Gasteiger partial charge in [-0.2, -0.15) is 17.5 Å². The number of halogens is 4. The van der Waals surface area contributed by atoms with Crippen molar-refractivity contribution in [1.29, 1.82) is 0 Å². The van der Waals surface area contributed by atoms with Gasteiger partial charge in [0.15, 0.2) is 0 Å². The first kappa shape index (κ1) is 20.8. The van der Waals surface area contributed by atoms with E-state index in [-0.39, 0.29) is 36.6 Å². The summed E-state index contributed by atoms with van der Waals surface area (Å²) >= 11 is 3.23. The molecule has 150 valence electrons. The minimum absolute atomic E-state index is 0.107. The van der Waals surface area contributed by atoms with Gasteiger partial charge >= 0.3 is 6.18 Å². The summed E-state index contributed by atoms with van der Waals surface area (Å²) in [5.41, 5.74) is -0.691. The minimum Gasteiger partial charge on any atom is -0.336 e. The van der Waals surface area contributed by atoms with E-state index in [0.29, 0.717) is 4.47 Å². The Hall–Kier alpha value is -1.91. The molecule has 0 aromatic heterocycles. The van der Waals surface area contributed by atoms with Crippen LogP contribution in [0, 0.1) is 0 Å². The van der Waals surface area contributed by atoms with E-state index >= 15 is 0 Å². The van der Waals surface area contributed by atoms with Crippen LogP contribution in [0.25, 0.3) is 0 Å². The number of sulfonamides is 1. The first-order valence-electron chi connectivity index (χ1n) is 8.32. The standard InChI is InChI=1S/C18H16BrF3N2O3S/c19-15-3-1-2-4-16(15)28(26,27)24-11-9-23(10-12-24)17(25)13-5-7-14(8-6-13)18(20,21)22/h1-8H,9-12H2. The Bertz CT molecular complexity index is 970. The molecule has 0 saturated carbocycles. The molecule has 0 radical (unpaired) electrons. The van der Waals surface area contributed by atoms with E-state index in [9.17, 15) is 26.4 Å². The highest BCUT2D eigenvalue weighted by Gasteiger charge is 2.33. The van der Waals surface area contributed by atoms with Crippen LogP contribution in [-0.2, 0) is 16.2 Å². The molecule has 0 spiro atoms. The fraction of sp³-hybridized carbons (Fsp3) is 0.278. The van der Waals surface area contributed by atoms with Gasteiger partial charge in [-0.25, -0.2) is 8.42 Å². The lowest BCUT2D eigenvalue weighted by atomic mass is 10.1. The van der Waals surface area contributed by atoms with Crippen molar-refractivity contribution in [2.24, 2.45) is 0 Å². The third-order valence-electron chi connectivity index (χ3n) is 4.44. The maximum Gasteiger partial charge on any atom is 0.416 e. The number of amides is 1. The topological polar surface area (TPSA) is 57.7 Å². The number of carbonyl (C=O) groups excluding carboxylic acids is 1. The van der Waals surface area contributed by atoms with Crippen molar-refractivity contribution in [2.45, 2.75) is 11.1 Å². The maximum atomic E-state index is 12.8. The summed E-state index contributed by atoms with van der Waals surface area (Å²) < 4.78 is 65.2. The molecular formula is C18H16BrF3N2O3S. The van der Waals surface area contributed by atoms with Crippen LogP contribution < -0.4 is 0 Å². The van der Waals surface area contributed by atoms with Gasteiger partial charge in [-0.15, -0.1) is 0 Å². The Balaban J connectivity index is 1.68. The molecular weight excluding hydrogens is 461 g/mol. The maximum absolute atomic E-state index is 12.8. The van der Waals surface area contributed by atoms with Crippen molar-refractivity contribution in [3.8, 4) is 0 Å². The molecule has 1 fully saturated rings. The van der Waals surface area contributed by atoms with Crippen molar-refractivity contribution < 1.29 is 26.4 Å². The van der Waals surface area contributed by atoms with Crippen LogP contribution in [0.15, 0.2) is 57.9 Å². The monoisotopic (exact) mass is 476 g/mol. The molecule has 10 heteroatoms. The van der Waals surface area contributed by atoms with Gasteiger partial charge in [0, 0.05) is 36.2 Å². The quantitative estimate of drug-likeness (QED) is 0.679. The second-order valence-electron chi connectivity index (χ2n) is 6.20. The summed E-state index contributed by atoms with van der Waals surface area (Å²) in [4.78, 5) is 14.1. The summed E-state index contributed by atoms with van der Waals surface area (Å²) in [6.45, 7) is 0.527. The fourth-order valence-electron chi connectivity index (χ4n) is 2.91. The smallest absolute Gasteiger partial charge is 0.336 e. The highest BCUT2D eigenvalue weighted by atomic mass is 79.9. The van der Waals surface area contributed by atoms with Crippen LogP contribution in [0.1, 0.15) is 15.9 Å². The van der Waals surface area contributed by atoms with E-state index in [1.165, 1.54) is 15.3 Å². The predicted octanol–water partition coefficient (Wildman–Crippen LogP) is 3.61. The Morgan fingerprint density at radius 3 is 2.04 bits per heavy atom. The molecule has 1 saturated heterocycles. The first-order chi connectivity index (χ1) is 13.1. The Morgan fingerprint density at radius 1 is 0.929 bits per heavy atom. The summed E-state index contributed by atoms with van der Waals surface area (Å²) in [7, 11) is -3.70. The molecule has 2 aromatic carbocycles. The summed E-state index contributed by atoms with van der Waals surface area (Å²) in [6, 6.07) is 10.5. The Labute approximate surface area is 168 Å². The van der Waals surface area contributed by atoms with Gasteiger partial charge in [-0.05, 0) is 52.3 Å². The number of rotatable bonds is 3. The van der Waals surface area contributed by atoms with E-state index in [1.807, 2.05) is 0 Å². The zero-order valence-corrected chi connectivity index (χ0v) is 16.9. The molecule has 0 atom stereocenters. The van der Waals surface area contributed by atoms with Crippen LogP contribution in [0.3, 0.4) is 0 Å². The number of hydrogen-bond acceptors (Lipinski definition) is 3. The lowest BCUT2D eigenvalue weighted by Crippen LogP contribution is -2.50. The highest BCUT2D eigenvalue weighted by molar-refractivity contribution is 9.10. The molecule has 1 aliphatic rings. The molecule has 0 aliphatic carbocycles. The SMILES string of the molecule is O=C(c1ccc(C(F)(F)F)cc1)N1CCN(S(=O)(=O)c2ccccc2Br)CC1. The van der Waals surface area contributed by atoms with Crippen molar-refractivity contribution in [3.05, 3.63) is 64.1 Å². The number of carbonyl (C=O) groups is 1. The van der Waals surface area contributed by atoms with Crippen LogP contribution in [0.2, 0.25) is 0 Å². The fourth-order valence-corrected chi connectivity index (χ4v) is 5.29. The molecule has 0 bridgehead atoms. The molecule has 2 aromatic rings. The van der Waals surface area contributed by atoms with Crippen LogP contribution in [-0.4, -0.2) is 49.7 Å². The highest BCUT2D eigenvalue weighted by Crippen LogP contribution is 2.29. The van der Waals surface area contributed by atoms with Gasteiger partial charge in [0.25, 0.3) is 5.91 Å². The number of piperazine rings is 1. The van der Waals surface area contributed by atoms with Crippen molar-refractivity contribution in [2.75, 3.05) is 26.2 Å². The van der Waals surface area contributed by atoms with E-state index in [1.54, 1.807) is 18.2 Å². The second kappa shape index (κ2) is 7.84. The molecule has 0 N–H and O–H groups in total. The molecule has 1 amide bonds. The van der Waals surface area contributed by atoms with Crippen molar-refractivity contribution in [1.82, 2.24) is 9.21 Å². The predicted molar refractivity (Wildman–Crippen MR) is 100 cm³/mol. The second-order valence-corrected chi connectivity index (χ2v) is 8.96. The third kappa shape index (κ3) is 4.23. The number of benzene rings is 2. The molecule has 3 rings (SSSR count). The average molecular weight is 477 g/mol. The lowest BCUT2D eigenvalue weighted by Gasteiger charge is -2.34. The lowest BCUT2D eigenvalue weighted by molar-refractivity contribution is -0.137. The van der Waals surface area contributed by atoms with E-state index in [0.717, 1.165) is 24.3 Å². The van der Waals surface area contributed by atoms with Gasteiger partial charge in [0.05, 0.1) is 10.5 Å². The van der Waals surface area contributed by atoms with Crippen LogP contribution in [0.5, 0.6) is 0 Å². The summed E-state index contributed by atoms with van der Waals surface area (Å²) in [6.07, 6.45) is -4.47.